The number of rotatable bonds is 5. The van der Waals surface area contributed by atoms with Gasteiger partial charge < -0.3 is 10.1 Å². The number of aryl methyl sites for hydroxylation is 1. The molecule has 0 radical (unpaired) electrons. The number of carbonyl (C=O) groups is 1. The molecule has 1 N–H and O–H groups in total. The van der Waals surface area contributed by atoms with Gasteiger partial charge in [0.25, 0.3) is 5.91 Å². The molecule has 9 heteroatoms. The van der Waals surface area contributed by atoms with Gasteiger partial charge in [0.15, 0.2) is 12.4 Å². The minimum absolute atomic E-state index is 0.0263. The first-order chi connectivity index (χ1) is 11.3. The van der Waals surface area contributed by atoms with Crippen molar-refractivity contribution in [3.8, 4) is 5.75 Å². The average molecular weight is 479 g/mol. The van der Waals surface area contributed by atoms with Crippen LogP contribution in [0.15, 0.2) is 39.3 Å². The first-order valence-corrected chi connectivity index (χ1v) is 8.56. The molecule has 2 aromatic carbocycles. The highest BCUT2D eigenvalue weighted by Crippen LogP contribution is 2.33. The maximum absolute atomic E-state index is 12.0. The molecule has 0 aromatic heterocycles. The second kappa shape index (κ2) is 7.96. The van der Waals surface area contributed by atoms with E-state index >= 15 is 0 Å². The Bertz CT molecular complexity index is 791. The van der Waals surface area contributed by atoms with Crippen molar-refractivity contribution in [2.75, 3.05) is 11.9 Å². The summed E-state index contributed by atoms with van der Waals surface area (Å²) < 4.78 is 6.66. The van der Waals surface area contributed by atoms with E-state index in [-0.39, 0.29) is 23.1 Å². The number of nitrogens with one attached hydrogen (secondary N) is 1. The van der Waals surface area contributed by atoms with Gasteiger partial charge in [-0.1, -0.05) is 11.6 Å². The van der Waals surface area contributed by atoms with Crippen molar-refractivity contribution in [2.45, 2.75) is 6.92 Å². The predicted molar refractivity (Wildman–Crippen MR) is 98.8 cm³/mol. The minimum atomic E-state index is -0.619. The number of benzene rings is 2. The summed E-state index contributed by atoms with van der Waals surface area (Å²) in [5, 5.41) is 13.9. The summed E-state index contributed by atoms with van der Waals surface area (Å²) in [4.78, 5) is 22.4. The number of nitro benzene ring substituents is 1. The quantitative estimate of drug-likeness (QED) is 0.479. The molecule has 0 saturated heterocycles. The minimum Gasteiger partial charge on any atom is -0.477 e. The van der Waals surface area contributed by atoms with Crippen molar-refractivity contribution >= 4 is 60.7 Å². The van der Waals surface area contributed by atoms with E-state index in [4.69, 9.17) is 16.3 Å². The zero-order valence-corrected chi connectivity index (χ0v) is 16.2. The summed E-state index contributed by atoms with van der Waals surface area (Å²) in [5.74, 6) is -0.480. The Labute approximate surface area is 159 Å². The van der Waals surface area contributed by atoms with E-state index in [1.165, 1.54) is 18.2 Å². The van der Waals surface area contributed by atoms with Gasteiger partial charge in [0, 0.05) is 20.0 Å². The fourth-order valence-corrected chi connectivity index (χ4v) is 3.67. The number of ether oxygens (including phenoxy) is 1. The number of nitrogens with zero attached hydrogens (tertiary/aromatic N) is 1. The van der Waals surface area contributed by atoms with Gasteiger partial charge in [-0.2, -0.15) is 0 Å². The molecule has 0 aliphatic rings. The van der Waals surface area contributed by atoms with Gasteiger partial charge in [-0.3, -0.25) is 14.9 Å². The van der Waals surface area contributed by atoms with Gasteiger partial charge >= 0.3 is 5.69 Å². The summed E-state index contributed by atoms with van der Waals surface area (Å²) in [6.07, 6.45) is 0. The molecule has 0 fully saturated rings. The molecule has 6 nitrogen and oxygen atoms in total. The fraction of sp³-hybridized carbons (Fsp3) is 0.133. The molecule has 2 aromatic rings. The van der Waals surface area contributed by atoms with Crippen LogP contribution in [0.2, 0.25) is 5.02 Å². The molecule has 0 bridgehead atoms. The zero-order valence-electron chi connectivity index (χ0n) is 12.3. The summed E-state index contributed by atoms with van der Waals surface area (Å²) in [6.45, 7) is 1.54. The molecular formula is C15H11Br2ClN2O4. The lowest BCUT2D eigenvalue weighted by Gasteiger charge is -2.11. The summed E-state index contributed by atoms with van der Waals surface area (Å²) in [6, 6.07) is 7.68. The van der Waals surface area contributed by atoms with E-state index in [0.29, 0.717) is 14.6 Å². The second-order valence-electron chi connectivity index (χ2n) is 4.81. The number of hydrogen-bond donors (Lipinski definition) is 1. The Morgan fingerprint density at radius 3 is 2.50 bits per heavy atom. The molecule has 2 rings (SSSR count). The van der Waals surface area contributed by atoms with Gasteiger partial charge in [-0.05, 0) is 68.6 Å². The average Bonchev–Trinajstić information content (AvgIpc) is 2.49. The monoisotopic (exact) mass is 476 g/mol. The number of nitro groups is 1. The number of amides is 1. The summed E-state index contributed by atoms with van der Waals surface area (Å²) in [5.41, 5.74) is 1.27. The molecule has 0 aliphatic carbocycles. The van der Waals surface area contributed by atoms with Crippen LogP contribution in [0.4, 0.5) is 11.4 Å². The van der Waals surface area contributed by atoms with Crippen LogP contribution in [0.1, 0.15) is 5.56 Å². The van der Waals surface area contributed by atoms with Crippen LogP contribution in [0.25, 0.3) is 0 Å². The van der Waals surface area contributed by atoms with Crippen LogP contribution in [0.5, 0.6) is 5.75 Å². The van der Waals surface area contributed by atoms with Gasteiger partial charge in [0.05, 0.1) is 10.6 Å². The van der Waals surface area contributed by atoms with E-state index in [1.807, 2.05) is 19.1 Å². The lowest BCUT2D eigenvalue weighted by atomic mass is 10.2. The van der Waals surface area contributed by atoms with Crippen molar-refractivity contribution in [1.82, 2.24) is 0 Å². The fourth-order valence-electron chi connectivity index (χ4n) is 1.89. The highest BCUT2D eigenvalue weighted by Gasteiger charge is 2.17. The van der Waals surface area contributed by atoms with Crippen LogP contribution >= 0.6 is 43.5 Å². The molecule has 0 unspecified atom stereocenters. The number of halogens is 3. The Morgan fingerprint density at radius 2 is 1.92 bits per heavy atom. The molecule has 0 saturated carbocycles. The maximum atomic E-state index is 12.0. The summed E-state index contributed by atoms with van der Waals surface area (Å²) >= 11 is 12.5. The third-order valence-corrected chi connectivity index (χ3v) is 4.41. The predicted octanol–water partition coefficient (Wildman–Crippen LogP) is 5.10. The molecule has 0 atom stereocenters. The van der Waals surface area contributed by atoms with Crippen LogP contribution < -0.4 is 10.1 Å². The van der Waals surface area contributed by atoms with E-state index in [9.17, 15) is 14.9 Å². The third kappa shape index (κ3) is 4.68. The largest absolute Gasteiger partial charge is 0.477 e. The molecule has 24 heavy (non-hydrogen) atoms. The number of anilines is 1. The standard InChI is InChI=1S/C15H11Br2ClN2O4/c1-8-4-10(16)15(11(17)5-8)19-14(21)7-24-13-3-2-9(18)6-12(13)20(22)23/h2-6H,7H2,1H3,(H,19,21). The van der Waals surface area contributed by atoms with Crippen LogP contribution in [-0.4, -0.2) is 17.4 Å². The van der Waals surface area contributed by atoms with Crippen molar-refractivity contribution in [1.29, 1.82) is 0 Å². The molecule has 126 valence electrons. The third-order valence-electron chi connectivity index (χ3n) is 2.93. The lowest BCUT2D eigenvalue weighted by molar-refractivity contribution is -0.385. The van der Waals surface area contributed by atoms with Crippen molar-refractivity contribution in [3.05, 3.63) is 60.0 Å². The van der Waals surface area contributed by atoms with Gasteiger partial charge in [0.1, 0.15) is 0 Å². The van der Waals surface area contributed by atoms with Gasteiger partial charge in [-0.25, -0.2) is 0 Å². The van der Waals surface area contributed by atoms with Gasteiger partial charge in [0.2, 0.25) is 0 Å². The second-order valence-corrected chi connectivity index (χ2v) is 6.95. The van der Waals surface area contributed by atoms with E-state index in [2.05, 4.69) is 37.2 Å². The smallest absolute Gasteiger partial charge is 0.312 e. The van der Waals surface area contributed by atoms with E-state index < -0.39 is 10.8 Å². The van der Waals surface area contributed by atoms with Crippen molar-refractivity contribution in [3.63, 3.8) is 0 Å². The van der Waals surface area contributed by atoms with Crippen LogP contribution in [0, 0.1) is 17.0 Å². The topological polar surface area (TPSA) is 81.5 Å². The van der Waals surface area contributed by atoms with Crippen molar-refractivity contribution in [2.24, 2.45) is 0 Å². The maximum Gasteiger partial charge on any atom is 0.312 e. The van der Waals surface area contributed by atoms with E-state index in [1.54, 1.807) is 0 Å². The summed E-state index contributed by atoms with van der Waals surface area (Å²) in [7, 11) is 0. The Balaban J connectivity index is 2.09. The Morgan fingerprint density at radius 1 is 1.29 bits per heavy atom. The van der Waals surface area contributed by atoms with Crippen molar-refractivity contribution < 1.29 is 14.5 Å². The van der Waals surface area contributed by atoms with Crippen LogP contribution in [0.3, 0.4) is 0 Å². The highest BCUT2D eigenvalue weighted by atomic mass is 79.9. The molecular weight excluding hydrogens is 467 g/mol. The first-order valence-electron chi connectivity index (χ1n) is 6.60. The molecule has 0 spiro atoms. The normalized spacial score (nSPS) is 10.3. The van der Waals surface area contributed by atoms with Crippen LogP contribution in [-0.2, 0) is 4.79 Å². The molecule has 1 amide bonds. The number of carbonyl (C=O) groups excluding carboxylic acids is 1. The highest BCUT2D eigenvalue weighted by molar-refractivity contribution is 9.11. The molecule has 0 aliphatic heterocycles. The van der Waals surface area contributed by atoms with Gasteiger partial charge in [-0.15, -0.1) is 0 Å². The SMILES string of the molecule is Cc1cc(Br)c(NC(=O)COc2ccc(Cl)cc2[N+](=O)[O-])c(Br)c1. The zero-order chi connectivity index (χ0) is 17.9. The Hall–Kier alpha value is -1.64. The van der Waals surface area contributed by atoms with E-state index in [0.717, 1.165) is 5.56 Å². The number of hydrogen-bond acceptors (Lipinski definition) is 4. The Kier molecular flexibility index (Phi) is 6.20. The lowest BCUT2D eigenvalue weighted by Crippen LogP contribution is -2.21. The first kappa shape index (κ1) is 18.7. The molecule has 0 heterocycles.